The molecule has 1 atom stereocenters. The van der Waals surface area contributed by atoms with Crippen LogP contribution in [0.5, 0.6) is 0 Å². The highest BCUT2D eigenvalue weighted by Crippen LogP contribution is 2.44. The van der Waals surface area contributed by atoms with E-state index in [4.69, 9.17) is 9.11 Å². The zero-order valence-electron chi connectivity index (χ0n) is 22.5. The molecule has 1 unspecified atom stereocenters. The SMILES string of the molecule is CC1(CCCCS(=O)(=O)O)C(/C=C/C=C/Nc2ccccc2)=[N+](CCCCS(=O)(=O)O)c2ccc(S(=O)(=O)O)cc21. The van der Waals surface area contributed by atoms with Gasteiger partial charge in [0.1, 0.15) is 6.54 Å². The highest BCUT2D eigenvalue weighted by molar-refractivity contribution is 7.86. The molecule has 0 fully saturated rings. The summed E-state index contributed by atoms with van der Waals surface area (Å²) < 4.78 is 98.8. The number of para-hydroxylation sites is 1. The molecule has 1 aliphatic rings. The van der Waals surface area contributed by atoms with E-state index in [1.807, 2.05) is 47.9 Å². The fourth-order valence-electron chi connectivity index (χ4n) is 4.89. The highest BCUT2D eigenvalue weighted by Gasteiger charge is 2.47. The molecular formula is C27H35N2O9S3+. The number of rotatable bonds is 15. The summed E-state index contributed by atoms with van der Waals surface area (Å²) in [4.78, 5) is -0.288. The predicted octanol–water partition coefficient (Wildman–Crippen LogP) is 4.20. The molecule has 0 amide bonds. The first-order valence-electron chi connectivity index (χ1n) is 12.9. The largest absolute Gasteiger partial charge is 0.362 e. The Labute approximate surface area is 241 Å². The lowest BCUT2D eigenvalue weighted by Gasteiger charge is -2.22. The van der Waals surface area contributed by atoms with Gasteiger partial charge in [-0.25, -0.2) is 0 Å². The summed E-state index contributed by atoms with van der Waals surface area (Å²) in [7, 11) is -12.8. The number of nitrogens with one attached hydrogen (secondary N) is 1. The van der Waals surface area contributed by atoms with E-state index in [9.17, 15) is 29.8 Å². The molecule has 11 nitrogen and oxygen atoms in total. The standard InChI is InChI=1S/C27H34N2O9S3/c1-27(16-6-9-19-39(30,31)32)24-21-23(41(36,37)38)14-15-25(24)29(18-8-10-20-40(33,34)35)26(27)13-5-7-17-28-22-11-3-2-4-12-22/h2-5,7,11-15,17,21H,6,8-10,16,18-20H2,1H3,(H3,30,31,32,33,34,35,36,37,38)/p+1. The maximum atomic E-state index is 12.0. The molecule has 0 bridgehead atoms. The topological polar surface area (TPSA) is 178 Å². The number of benzene rings is 2. The molecule has 0 spiro atoms. The average molecular weight is 628 g/mol. The third kappa shape index (κ3) is 9.58. The highest BCUT2D eigenvalue weighted by atomic mass is 32.2. The van der Waals surface area contributed by atoms with Crippen molar-refractivity contribution in [3.63, 3.8) is 0 Å². The minimum atomic E-state index is -4.51. The van der Waals surface area contributed by atoms with E-state index in [0.717, 1.165) is 11.4 Å². The normalized spacial score (nSPS) is 18.0. The summed E-state index contributed by atoms with van der Waals surface area (Å²) in [5.74, 6) is -0.819. The Bertz CT molecular complexity index is 1650. The average Bonchev–Trinajstić information content (AvgIpc) is 3.10. The molecule has 3 rings (SSSR count). The summed E-state index contributed by atoms with van der Waals surface area (Å²) in [5.41, 5.74) is 2.08. The zero-order chi connectivity index (χ0) is 30.3. The van der Waals surface area contributed by atoms with Gasteiger partial charge < -0.3 is 5.32 Å². The molecular weight excluding hydrogens is 593 g/mol. The van der Waals surface area contributed by atoms with Crippen molar-refractivity contribution in [3.8, 4) is 0 Å². The van der Waals surface area contributed by atoms with Gasteiger partial charge in [-0.3, -0.25) is 13.7 Å². The van der Waals surface area contributed by atoms with Crippen molar-refractivity contribution in [3.05, 3.63) is 78.5 Å². The molecule has 2 aromatic carbocycles. The number of anilines is 1. The van der Waals surface area contributed by atoms with Crippen molar-refractivity contribution in [2.45, 2.75) is 49.3 Å². The van der Waals surface area contributed by atoms with Crippen LogP contribution in [0.25, 0.3) is 0 Å². The fraction of sp³-hybridized carbons (Fsp3) is 0.370. The number of hydrogen-bond acceptors (Lipinski definition) is 7. The van der Waals surface area contributed by atoms with E-state index < -0.39 is 47.3 Å². The van der Waals surface area contributed by atoms with Gasteiger partial charge in [0, 0.05) is 36.0 Å². The summed E-state index contributed by atoms with van der Waals surface area (Å²) in [6.45, 7) is 2.23. The number of allylic oxidation sites excluding steroid dienone is 3. The first-order valence-corrected chi connectivity index (χ1v) is 17.6. The first kappa shape index (κ1) is 32.6. The van der Waals surface area contributed by atoms with Gasteiger partial charge in [0.2, 0.25) is 5.69 Å². The van der Waals surface area contributed by atoms with E-state index >= 15 is 0 Å². The third-order valence-corrected chi connectivity index (χ3v) is 9.31. The molecule has 0 aromatic heterocycles. The number of fused-ring (bicyclic) bond motifs is 1. The van der Waals surface area contributed by atoms with E-state index in [1.165, 1.54) is 12.1 Å². The summed E-state index contributed by atoms with van der Waals surface area (Å²) >= 11 is 0. The van der Waals surface area contributed by atoms with Crippen LogP contribution in [0, 0.1) is 0 Å². The molecule has 0 aliphatic carbocycles. The predicted molar refractivity (Wildman–Crippen MR) is 158 cm³/mol. The van der Waals surface area contributed by atoms with Gasteiger partial charge in [-0.15, -0.1) is 0 Å². The minimum absolute atomic E-state index is 0.175. The Kier molecular flexibility index (Phi) is 10.7. The van der Waals surface area contributed by atoms with E-state index in [-0.39, 0.29) is 17.7 Å². The van der Waals surface area contributed by atoms with Gasteiger partial charge in [-0.2, -0.15) is 29.8 Å². The van der Waals surface area contributed by atoms with Gasteiger partial charge in [0.05, 0.1) is 21.8 Å². The minimum Gasteiger partial charge on any atom is -0.362 e. The van der Waals surface area contributed by atoms with Crippen LogP contribution < -0.4 is 5.32 Å². The van der Waals surface area contributed by atoms with Gasteiger partial charge in [0.15, 0.2) is 5.71 Å². The fourth-order valence-corrected chi connectivity index (χ4v) is 6.54. The zero-order valence-corrected chi connectivity index (χ0v) is 25.0. The van der Waals surface area contributed by atoms with Crippen LogP contribution in [0.4, 0.5) is 11.4 Å². The van der Waals surface area contributed by atoms with Crippen LogP contribution in [0.1, 0.15) is 44.6 Å². The molecule has 14 heteroatoms. The van der Waals surface area contributed by atoms with Crippen molar-refractivity contribution in [2.75, 3.05) is 23.4 Å². The Morgan fingerprint density at radius 3 is 2.07 bits per heavy atom. The van der Waals surface area contributed by atoms with Gasteiger partial charge in [0.25, 0.3) is 30.4 Å². The van der Waals surface area contributed by atoms with Crippen LogP contribution >= 0.6 is 0 Å². The molecule has 1 aliphatic heterocycles. The second-order valence-corrected chi connectivity index (χ2v) is 14.6. The van der Waals surface area contributed by atoms with Crippen LogP contribution in [-0.4, -0.2) is 67.2 Å². The number of nitrogens with zero attached hydrogens (tertiary/aromatic N) is 1. The summed E-state index contributed by atoms with van der Waals surface area (Å²) in [6.07, 6.45) is 8.69. The molecule has 2 aromatic rings. The summed E-state index contributed by atoms with van der Waals surface area (Å²) in [5, 5.41) is 3.14. The first-order chi connectivity index (χ1) is 19.1. The molecule has 1 heterocycles. The molecule has 224 valence electrons. The molecule has 4 N–H and O–H groups in total. The molecule has 0 saturated carbocycles. The van der Waals surface area contributed by atoms with Crippen LogP contribution in [-0.2, 0) is 35.8 Å². The Morgan fingerprint density at radius 2 is 1.46 bits per heavy atom. The van der Waals surface area contributed by atoms with Gasteiger partial charge in [-0.05, 0) is 56.5 Å². The molecule has 0 saturated heterocycles. The van der Waals surface area contributed by atoms with Crippen molar-refractivity contribution in [2.24, 2.45) is 0 Å². The molecule has 0 radical (unpaired) electrons. The van der Waals surface area contributed by atoms with Crippen molar-refractivity contribution < 1.29 is 43.5 Å². The van der Waals surface area contributed by atoms with Crippen molar-refractivity contribution in [1.29, 1.82) is 0 Å². The maximum absolute atomic E-state index is 12.0. The second-order valence-electron chi connectivity index (χ2n) is 9.99. The van der Waals surface area contributed by atoms with E-state index in [2.05, 4.69) is 5.32 Å². The summed E-state index contributed by atoms with van der Waals surface area (Å²) in [6, 6.07) is 13.8. The lowest BCUT2D eigenvalue weighted by atomic mass is 9.75. The maximum Gasteiger partial charge on any atom is 0.294 e. The second kappa shape index (κ2) is 13.4. The Balaban J connectivity index is 2.00. The van der Waals surface area contributed by atoms with Crippen molar-refractivity contribution >= 4 is 47.4 Å². The smallest absolute Gasteiger partial charge is 0.294 e. The Morgan fingerprint density at radius 1 is 0.829 bits per heavy atom. The van der Waals surface area contributed by atoms with Crippen LogP contribution in [0.3, 0.4) is 0 Å². The van der Waals surface area contributed by atoms with Gasteiger partial charge in [-0.1, -0.05) is 30.7 Å². The lowest BCUT2D eigenvalue weighted by Crippen LogP contribution is -2.32. The third-order valence-electron chi connectivity index (χ3n) is 6.86. The van der Waals surface area contributed by atoms with E-state index in [1.54, 1.807) is 24.4 Å². The monoisotopic (exact) mass is 627 g/mol. The van der Waals surface area contributed by atoms with Crippen LogP contribution in [0.2, 0.25) is 0 Å². The van der Waals surface area contributed by atoms with Crippen LogP contribution in [0.15, 0.2) is 77.9 Å². The molecule has 41 heavy (non-hydrogen) atoms. The lowest BCUT2D eigenvalue weighted by molar-refractivity contribution is -0.438. The quantitative estimate of drug-likeness (QED) is 0.0968. The van der Waals surface area contributed by atoms with Gasteiger partial charge >= 0.3 is 0 Å². The number of hydrogen-bond donors (Lipinski definition) is 4. The Hall–Kier alpha value is -2.88. The van der Waals surface area contributed by atoms with E-state index in [0.29, 0.717) is 37.1 Å². The number of unbranched alkanes of at least 4 members (excludes halogenated alkanes) is 2. The van der Waals surface area contributed by atoms with Crippen molar-refractivity contribution in [1.82, 2.24) is 0 Å².